The molecule has 9 heteroatoms. The maximum Gasteiger partial charge on any atom is 0.239 e. The largest absolute Gasteiger partial charge is 0.325 e. The number of tetrazole rings is 1. The second-order valence-electron chi connectivity index (χ2n) is 5.62. The number of carbonyl (C=O) groups is 1. The summed E-state index contributed by atoms with van der Waals surface area (Å²) in [6.07, 6.45) is 1.80. The highest BCUT2D eigenvalue weighted by molar-refractivity contribution is 7.91. The molecule has 1 amide bonds. The highest BCUT2D eigenvalue weighted by atomic mass is 32.2. The molecule has 0 bridgehead atoms. The van der Waals surface area contributed by atoms with Crippen LogP contribution in [-0.4, -0.2) is 40.3 Å². The van der Waals surface area contributed by atoms with Gasteiger partial charge in [-0.25, -0.2) is 13.1 Å². The molecule has 0 radical (unpaired) electrons. The Morgan fingerprint density at radius 1 is 1.25 bits per heavy atom. The number of unbranched alkanes of at least 4 members (excludes halogenated alkanes) is 1. The van der Waals surface area contributed by atoms with E-state index >= 15 is 0 Å². The van der Waals surface area contributed by atoms with Gasteiger partial charge in [0.2, 0.25) is 5.91 Å². The lowest BCUT2D eigenvalue weighted by atomic mass is 10.2. The molecule has 0 atom stereocenters. The number of hydrogen-bond donors (Lipinski definition) is 1. The van der Waals surface area contributed by atoms with Gasteiger partial charge in [0.25, 0.3) is 0 Å². The molecule has 0 aliphatic carbocycles. The van der Waals surface area contributed by atoms with Gasteiger partial charge in [0.05, 0.1) is 0 Å². The fraction of sp³-hybridized carbons (Fsp3) is 0.467. The summed E-state index contributed by atoms with van der Waals surface area (Å²) in [6, 6.07) is 7.13. The number of hydrogen-bond acceptors (Lipinski definition) is 6. The second kappa shape index (κ2) is 8.00. The summed E-state index contributed by atoms with van der Waals surface area (Å²) < 4.78 is 25.9. The van der Waals surface area contributed by atoms with Crippen LogP contribution in [0, 0.1) is 6.92 Å². The number of rotatable bonds is 8. The van der Waals surface area contributed by atoms with Crippen LogP contribution in [0.1, 0.15) is 31.2 Å². The molecule has 24 heavy (non-hydrogen) atoms. The third-order valence-corrected chi connectivity index (χ3v) is 4.76. The molecule has 2 aromatic rings. The molecule has 1 heterocycles. The molecule has 0 saturated heterocycles. The molecule has 0 aliphatic rings. The van der Waals surface area contributed by atoms with Crippen LogP contribution in [0.4, 0.5) is 5.69 Å². The lowest BCUT2D eigenvalue weighted by molar-refractivity contribution is -0.113. The molecule has 130 valence electrons. The van der Waals surface area contributed by atoms with E-state index in [1.165, 1.54) is 4.68 Å². The molecule has 0 fully saturated rings. The summed E-state index contributed by atoms with van der Waals surface area (Å²) in [5.74, 6) is -1.29. The average molecular weight is 351 g/mol. The van der Waals surface area contributed by atoms with Crippen LogP contribution < -0.4 is 5.32 Å². The predicted molar refractivity (Wildman–Crippen MR) is 90.0 cm³/mol. The van der Waals surface area contributed by atoms with E-state index in [0.717, 1.165) is 18.4 Å². The summed E-state index contributed by atoms with van der Waals surface area (Å²) in [4.78, 5) is 11.9. The minimum atomic E-state index is -3.65. The number of carbonyl (C=O) groups excluding carboxylic acids is 1. The maximum absolute atomic E-state index is 12.2. The molecule has 0 unspecified atom stereocenters. The van der Waals surface area contributed by atoms with Gasteiger partial charge in [0.15, 0.2) is 15.7 Å². The molecule has 0 aliphatic heterocycles. The van der Waals surface area contributed by atoms with Crippen molar-refractivity contribution in [1.82, 2.24) is 20.2 Å². The summed E-state index contributed by atoms with van der Waals surface area (Å²) in [6.45, 7) is 4.51. The smallest absolute Gasteiger partial charge is 0.239 e. The Morgan fingerprint density at radius 2 is 1.96 bits per heavy atom. The SMILES string of the molecule is CCCCn1nnnc1CS(=O)(=O)CC(=O)Nc1ccc(C)cc1. The number of aromatic nitrogens is 4. The van der Waals surface area contributed by atoms with Crippen LogP contribution in [-0.2, 0) is 26.9 Å². The topological polar surface area (TPSA) is 107 Å². The van der Waals surface area contributed by atoms with E-state index in [4.69, 9.17) is 0 Å². The monoisotopic (exact) mass is 351 g/mol. The van der Waals surface area contributed by atoms with Gasteiger partial charge >= 0.3 is 0 Å². The van der Waals surface area contributed by atoms with Crippen molar-refractivity contribution in [2.45, 2.75) is 39.0 Å². The van der Waals surface area contributed by atoms with Crippen molar-refractivity contribution in [1.29, 1.82) is 0 Å². The van der Waals surface area contributed by atoms with E-state index in [9.17, 15) is 13.2 Å². The molecule has 8 nitrogen and oxygen atoms in total. The van der Waals surface area contributed by atoms with E-state index in [2.05, 4.69) is 20.8 Å². The standard InChI is InChI=1S/C15H21N5O3S/c1-3-4-9-20-14(17-18-19-20)10-24(22,23)11-15(21)16-13-7-5-12(2)6-8-13/h5-8H,3-4,9-11H2,1-2H3,(H,16,21). The van der Waals surface area contributed by atoms with Crippen LogP contribution in [0.3, 0.4) is 0 Å². The molecule has 1 N–H and O–H groups in total. The summed E-state index contributed by atoms with van der Waals surface area (Å²) >= 11 is 0. The maximum atomic E-state index is 12.2. The van der Waals surface area contributed by atoms with Crippen molar-refractivity contribution in [2.24, 2.45) is 0 Å². The minimum Gasteiger partial charge on any atom is -0.325 e. The van der Waals surface area contributed by atoms with Crippen molar-refractivity contribution >= 4 is 21.4 Å². The van der Waals surface area contributed by atoms with Gasteiger partial charge in [-0.1, -0.05) is 31.0 Å². The number of aryl methyl sites for hydroxylation is 2. The average Bonchev–Trinajstić information content (AvgIpc) is 2.93. The van der Waals surface area contributed by atoms with Gasteiger partial charge in [0.1, 0.15) is 11.5 Å². The van der Waals surface area contributed by atoms with Crippen molar-refractivity contribution < 1.29 is 13.2 Å². The van der Waals surface area contributed by atoms with Gasteiger partial charge < -0.3 is 5.32 Å². The quantitative estimate of drug-likeness (QED) is 0.769. The first-order valence-electron chi connectivity index (χ1n) is 7.71. The zero-order valence-electron chi connectivity index (χ0n) is 13.8. The van der Waals surface area contributed by atoms with Crippen LogP contribution in [0.5, 0.6) is 0 Å². The van der Waals surface area contributed by atoms with Gasteiger partial charge in [-0.05, 0) is 35.9 Å². The van der Waals surface area contributed by atoms with E-state index in [1.54, 1.807) is 12.1 Å². The molecular formula is C15H21N5O3S. The first-order valence-corrected chi connectivity index (χ1v) is 9.54. The van der Waals surface area contributed by atoms with Gasteiger partial charge in [0, 0.05) is 12.2 Å². The summed E-state index contributed by atoms with van der Waals surface area (Å²) in [5.41, 5.74) is 1.62. The molecule has 0 spiro atoms. The third kappa shape index (κ3) is 5.41. The lowest BCUT2D eigenvalue weighted by Crippen LogP contribution is -2.25. The molecule has 1 aromatic heterocycles. The number of anilines is 1. The first-order chi connectivity index (χ1) is 11.4. The number of amides is 1. The van der Waals surface area contributed by atoms with Crippen LogP contribution in [0.25, 0.3) is 0 Å². The van der Waals surface area contributed by atoms with Crippen molar-refractivity contribution in [3.05, 3.63) is 35.7 Å². The van der Waals surface area contributed by atoms with E-state index in [-0.39, 0.29) is 11.6 Å². The van der Waals surface area contributed by atoms with Crippen molar-refractivity contribution in [3.63, 3.8) is 0 Å². The highest BCUT2D eigenvalue weighted by Crippen LogP contribution is 2.10. The van der Waals surface area contributed by atoms with Gasteiger partial charge in [-0.15, -0.1) is 5.10 Å². The van der Waals surface area contributed by atoms with Crippen LogP contribution >= 0.6 is 0 Å². The normalized spacial score (nSPS) is 11.4. The Hall–Kier alpha value is -2.29. The molecule has 1 aromatic carbocycles. The number of nitrogens with one attached hydrogen (secondary N) is 1. The number of nitrogens with zero attached hydrogens (tertiary/aromatic N) is 4. The Balaban J connectivity index is 1.96. The van der Waals surface area contributed by atoms with E-state index in [0.29, 0.717) is 12.2 Å². The van der Waals surface area contributed by atoms with Crippen LogP contribution in [0.2, 0.25) is 0 Å². The molecular weight excluding hydrogens is 330 g/mol. The second-order valence-corrected chi connectivity index (χ2v) is 7.68. The summed E-state index contributed by atoms with van der Waals surface area (Å²) in [5, 5.41) is 13.6. The Labute approximate surface area is 141 Å². The fourth-order valence-electron chi connectivity index (χ4n) is 2.09. The van der Waals surface area contributed by atoms with Crippen molar-refractivity contribution in [2.75, 3.05) is 11.1 Å². The highest BCUT2D eigenvalue weighted by Gasteiger charge is 2.21. The van der Waals surface area contributed by atoms with Gasteiger partial charge in [-0.3, -0.25) is 4.79 Å². The van der Waals surface area contributed by atoms with Crippen LogP contribution in [0.15, 0.2) is 24.3 Å². The molecule has 0 saturated carbocycles. The van der Waals surface area contributed by atoms with E-state index < -0.39 is 21.5 Å². The lowest BCUT2D eigenvalue weighted by Gasteiger charge is -2.07. The zero-order chi connectivity index (χ0) is 17.6. The Morgan fingerprint density at radius 3 is 2.62 bits per heavy atom. The zero-order valence-corrected chi connectivity index (χ0v) is 14.6. The predicted octanol–water partition coefficient (Wildman–Crippen LogP) is 1.34. The summed E-state index contributed by atoms with van der Waals surface area (Å²) in [7, 11) is -3.65. The van der Waals surface area contributed by atoms with Crippen molar-refractivity contribution in [3.8, 4) is 0 Å². The first kappa shape index (κ1) is 18.1. The minimum absolute atomic E-state index is 0.256. The van der Waals surface area contributed by atoms with Gasteiger partial charge in [-0.2, -0.15) is 0 Å². The van der Waals surface area contributed by atoms with E-state index in [1.807, 2.05) is 26.0 Å². The fourth-order valence-corrected chi connectivity index (χ4v) is 3.26. The third-order valence-electron chi connectivity index (χ3n) is 3.36. The Kier molecular flexibility index (Phi) is 6.02. The number of sulfone groups is 1. The number of benzene rings is 1. The Bertz CT molecular complexity index is 784. The molecule has 2 rings (SSSR count).